The Morgan fingerprint density at radius 1 is 0.784 bits per heavy atom. The maximum atomic E-state index is 12.9. The molecular formula is C29H59O6PS. The van der Waals surface area contributed by atoms with Crippen LogP contribution < -0.4 is 0 Å². The second kappa shape index (κ2) is 23.8. The summed E-state index contributed by atoms with van der Waals surface area (Å²) in [6, 6.07) is 0. The van der Waals surface area contributed by atoms with Gasteiger partial charge < -0.3 is 18.9 Å². The standard InChI is InChI=1S/C29H59O6PS/c1-7-10-12-14-15-16-17-19-21-24-37-27(22-20-18-13-11-8-2)26(6)35-29(28(30)34-25(4)5)36(31,32)33-23-9-3/h25-27,29H,7-24H2,1-6H3,(H,31,32). The lowest BCUT2D eigenvalue weighted by Gasteiger charge is -2.29. The number of carbonyl (C=O) groups excluding carboxylic acids is 1. The average Bonchev–Trinajstić information content (AvgIpc) is 2.85. The topological polar surface area (TPSA) is 82.1 Å². The van der Waals surface area contributed by atoms with Crippen molar-refractivity contribution < 1.29 is 28.3 Å². The summed E-state index contributed by atoms with van der Waals surface area (Å²) in [6.07, 6.45) is 18.4. The third-order valence-electron chi connectivity index (χ3n) is 6.37. The van der Waals surface area contributed by atoms with E-state index in [-0.39, 0.29) is 18.0 Å². The first-order chi connectivity index (χ1) is 17.7. The zero-order valence-corrected chi connectivity index (χ0v) is 26.6. The second-order valence-electron chi connectivity index (χ2n) is 10.5. The third kappa shape index (κ3) is 19.6. The number of rotatable bonds is 26. The Labute approximate surface area is 233 Å². The first-order valence-corrected chi connectivity index (χ1v) is 17.8. The van der Waals surface area contributed by atoms with E-state index in [1.165, 1.54) is 77.0 Å². The van der Waals surface area contributed by atoms with Crippen LogP contribution in [0, 0.1) is 0 Å². The van der Waals surface area contributed by atoms with Crippen LogP contribution >= 0.6 is 19.4 Å². The zero-order valence-electron chi connectivity index (χ0n) is 24.9. The van der Waals surface area contributed by atoms with Crippen molar-refractivity contribution in [3.05, 3.63) is 0 Å². The quantitative estimate of drug-likeness (QED) is 0.0634. The van der Waals surface area contributed by atoms with Crippen LogP contribution in [0.3, 0.4) is 0 Å². The molecule has 0 radical (unpaired) electrons. The van der Waals surface area contributed by atoms with Gasteiger partial charge in [0.05, 0.1) is 18.8 Å². The predicted molar refractivity (Wildman–Crippen MR) is 158 cm³/mol. The summed E-state index contributed by atoms with van der Waals surface area (Å²) < 4.78 is 29.4. The SMILES string of the molecule is CCCCCCCCCCCSC(CCCCCCC)C(C)OC(C(=O)OC(C)C)P(=O)(O)OCCC. The molecule has 0 amide bonds. The van der Waals surface area contributed by atoms with Gasteiger partial charge >= 0.3 is 13.6 Å². The Morgan fingerprint density at radius 3 is 1.81 bits per heavy atom. The van der Waals surface area contributed by atoms with Crippen LogP contribution in [0.25, 0.3) is 0 Å². The lowest BCUT2D eigenvalue weighted by molar-refractivity contribution is -0.159. The molecule has 4 atom stereocenters. The van der Waals surface area contributed by atoms with Gasteiger partial charge in [-0.25, -0.2) is 4.79 Å². The van der Waals surface area contributed by atoms with E-state index >= 15 is 0 Å². The molecule has 0 aliphatic rings. The highest BCUT2D eigenvalue weighted by Gasteiger charge is 2.43. The summed E-state index contributed by atoms with van der Waals surface area (Å²) in [5.41, 5.74) is 0. The van der Waals surface area contributed by atoms with E-state index < -0.39 is 25.5 Å². The Kier molecular flexibility index (Phi) is 23.7. The summed E-state index contributed by atoms with van der Waals surface area (Å²) in [4.78, 5) is 23.3. The smallest absolute Gasteiger partial charge is 0.368 e. The van der Waals surface area contributed by atoms with Crippen LogP contribution in [-0.4, -0.2) is 46.5 Å². The van der Waals surface area contributed by atoms with Crippen LogP contribution in [-0.2, 0) is 23.4 Å². The first-order valence-electron chi connectivity index (χ1n) is 15.1. The molecule has 6 nitrogen and oxygen atoms in total. The van der Waals surface area contributed by atoms with Crippen molar-refractivity contribution in [3.8, 4) is 0 Å². The highest BCUT2D eigenvalue weighted by Crippen LogP contribution is 2.49. The summed E-state index contributed by atoms with van der Waals surface area (Å²) in [6.45, 7) is 11.7. The number of esters is 1. The van der Waals surface area contributed by atoms with Gasteiger partial charge in [0.25, 0.3) is 5.85 Å². The number of ether oxygens (including phenoxy) is 2. The van der Waals surface area contributed by atoms with Crippen LogP contribution in [0.2, 0.25) is 0 Å². The summed E-state index contributed by atoms with van der Waals surface area (Å²) in [5, 5.41) is 0.149. The highest BCUT2D eigenvalue weighted by atomic mass is 32.2. The van der Waals surface area contributed by atoms with Crippen molar-refractivity contribution in [2.45, 2.75) is 168 Å². The Hall–Kier alpha value is -0.0700. The fourth-order valence-corrected chi connectivity index (χ4v) is 6.78. The van der Waals surface area contributed by atoms with Gasteiger partial charge in [0, 0.05) is 5.25 Å². The summed E-state index contributed by atoms with van der Waals surface area (Å²) in [5.74, 6) is -1.41. The molecule has 8 heteroatoms. The van der Waals surface area contributed by atoms with Crippen molar-refractivity contribution >= 4 is 25.3 Å². The molecule has 222 valence electrons. The van der Waals surface area contributed by atoms with E-state index in [2.05, 4.69) is 13.8 Å². The molecule has 0 aromatic carbocycles. The molecule has 0 rings (SSSR count). The van der Waals surface area contributed by atoms with Gasteiger partial charge in [-0.3, -0.25) is 4.57 Å². The minimum Gasteiger partial charge on any atom is -0.461 e. The molecule has 0 aromatic heterocycles. The second-order valence-corrected chi connectivity index (χ2v) is 13.7. The van der Waals surface area contributed by atoms with Crippen LogP contribution in [0.4, 0.5) is 0 Å². The van der Waals surface area contributed by atoms with Gasteiger partial charge in [0.1, 0.15) is 0 Å². The maximum absolute atomic E-state index is 12.9. The van der Waals surface area contributed by atoms with E-state index in [4.69, 9.17) is 14.0 Å². The van der Waals surface area contributed by atoms with Gasteiger partial charge in [-0.05, 0) is 45.8 Å². The number of hydrogen-bond acceptors (Lipinski definition) is 6. The summed E-state index contributed by atoms with van der Waals surface area (Å²) in [7, 11) is -4.33. The molecule has 0 heterocycles. The van der Waals surface area contributed by atoms with Gasteiger partial charge in [0.2, 0.25) is 0 Å². The molecule has 0 aliphatic heterocycles. The van der Waals surface area contributed by atoms with Gasteiger partial charge in [-0.1, -0.05) is 104 Å². The molecule has 0 aromatic rings. The fourth-order valence-electron chi connectivity index (χ4n) is 4.19. The largest absolute Gasteiger partial charge is 0.461 e. The van der Waals surface area contributed by atoms with Crippen molar-refractivity contribution in [1.29, 1.82) is 0 Å². The minimum absolute atomic E-state index is 0.0885. The first kappa shape index (κ1) is 36.9. The number of thioether (sulfide) groups is 1. The monoisotopic (exact) mass is 566 g/mol. The maximum Gasteiger partial charge on any atom is 0.368 e. The lowest BCUT2D eigenvalue weighted by Crippen LogP contribution is -2.36. The van der Waals surface area contributed by atoms with E-state index in [1.54, 1.807) is 13.8 Å². The summed E-state index contributed by atoms with van der Waals surface area (Å²) >= 11 is 1.88. The Morgan fingerprint density at radius 2 is 1.30 bits per heavy atom. The minimum atomic E-state index is -4.33. The number of carbonyl (C=O) groups is 1. The zero-order chi connectivity index (χ0) is 27.9. The molecule has 0 saturated carbocycles. The normalized spacial score (nSPS) is 15.9. The van der Waals surface area contributed by atoms with Crippen LogP contribution in [0.1, 0.15) is 144 Å². The lowest BCUT2D eigenvalue weighted by atomic mass is 10.1. The van der Waals surface area contributed by atoms with E-state index in [1.807, 2.05) is 25.6 Å². The van der Waals surface area contributed by atoms with Crippen molar-refractivity contribution in [2.75, 3.05) is 12.4 Å². The molecule has 4 unspecified atom stereocenters. The van der Waals surface area contributed by atoms with Gasteiger partial charge in [0.15, 0.2) is 0 Å². The highest BCUT2D eigenvalue weighted by molar-refractivity contribution is 7.99. The van der Waals surface area contributed by atoms with Gasteiger partial charge in [-0.2, -0.15) is 11.8 Å². The molecular weight excluding hydrogens is 507 g/mol. The molecule has 0 fully saturated rings. The molecule has 1 N–H and O–H groups in total. The van der Waals surface area contributed by atoms with Crippen LogP contribution in [0.15, 0.2) is 0 Å². The van der Waals surface area contributed by atoms with Crippen molar-refractivity contribution in [3.63, 3.8) is 0 Å². The number of hydrogen-bond donors (Lipinski definition) is 1. The Balaban J connectivity index is 4.98. The molecule has 0 aliphatic carbocycles. The van der Waals surface area contributed by atoms with E-state index in [0.29, 0.717) is 6.42 Å². The predicted octanol–water partition coefficient (Wildman–Crippen LogP) is 9.27. The molecule has 37 heavy (non-hydrogen) atoms. The fraction of sp³-hybridized carbons (Fsp3) is 0.966. The van der Waals surface area contributed by atoms with Crippen molar-refractivity contribution in [2.24, 2.45) is 0 Å². The molecule has 0 bridgehead atoms. The van der Waals surface area contributed by atoms with Gasteiger partial charge in [-0.15, -0.1) is 0 Å². The molecule has 0 spiro atoms. The van der Waals surface area contributed by atoms with Crippen LogP contribution in [0.5, 0.6) is 0 Å². The third-order valence-corrected chi connectivity index (χ3v) is 9.42. The number of unbranched alkanes of at least 4 members (excludes halogenated alkanes) is 12. The average molecular weight is 567 g/mol. The van der Waals surface area contributed by atoms with Crippen molar-refractivity contribution in [1.82, 2.24) is 0 Å². The van der Waals surface area contributed by atoms with E-state index in [9.17, 15) is 14.3 Å². The Bertz CT molecular complexity index is 589. The molecule has 0 saturated heterocycles. The van der Waals surface area contributed by atoms with E-state index in [0.717, 1.165) is 25.0 Å².